The van der Waals surface area contributed by atoms with Gasteiger partial charge in [-0.15, -0.1) is 0 Å². The molecule has 1 fully saturated rings. The van der Waals surface area contributed by atoms with E-state index in [1.165, 1.54) is 12.1 Å². The summed E-state index contributed by atoms with van der Waals surface area (Å²) in [4.78, 5) is 23.9. The molecule has 0 radical (unpaired) electrons. The van der Waals surface area contributed by atoms with Crippen molar-refractivity contribution in [2.45, 2.75) is 18.9 Å². The number of rotatable bonds is 4. The van der Waals surface area contributed by atoms with E-state index in [9.17, 15) is 18.0 Å². The van der Waals surface area contributed by atoms with Crippen molar-refractivity contribution in [3.8, 4) is 11.5 Å². The van der Waals surface area contributed by atoms with Crippen LogP contribution in [0.1, 0.15) is 23.7 Å². The molecule has 1 atom stereocenters. The third-order valence-corrected chi connectivity index (χ3v) is 5.79. The normalized spacial score (nSPS) is 23.7. The van der Waals surface area contributed by atoms with Crippen LogP contribution in [0, 0.1) is 0 Å². The SMILES string of the molecule is C[C@]1(NC(=O)COC(=O)c2ccc3c(c2)OCO3)CCS(=O)(=O)C1. The lowest BCUT2D eigenvalue weighted by Crippen LogP contribution is -2.48. The number of amides is 1. The number of benzene rings is 1. The van der Waals surface area contributed by atoms with Gasteiger partial charge in [0.1, 0.15) is 0 Å². The van der Waals surface area contributed by atoms with Gasteiger partial charge in [-0.05, 0) is 31.5 Å². The summed E-state index contributed by atoms with van der Waals surface area (Å²) in [5, 5.41) is 2.62. The number of sulfone groups is 1. The molecule has 0 saturated carbocycles. The molecule has 0 spiro atoms. The Hall–Kier alpha value is -2.29. The molecule has 0 bridgehead atoms. The zero-order valence-corrected chi connectivity index (χ0v) is 13.9. The van der Waals surface area contributed by atoms with Crippen LogP contribution in [0.25, 0.3) is 0 Å². The summed E-state index contributed by atoms with van der Waals surface area (Å²) >= 11 is 0. The topological polar surface area (TPSA) is 108 Å². The quantitative estimate of drug-likeness (QED) is 0.772. The molecule has 0 unspecified atom stereocenters. The van der Waals surface area contributed by atoms with Gasteiger partial charge in [0.15, 0.2) is 27.9 Å². The Morgan fingerprint density at radius 1 is 1.29 bits per heavy atom. The van der Waals surface area contributed by atoms with Crippen LogP contribution in [0.4, 0.5) is 0 Å². The molecule has 0 aliphatic carbocycles. The van der Waals surface area contributed by atoms with E-state index in [-0.39, 0.29) is 23.9 Å². The molecule has 1 aromatic carbocycles. The van der Waals surface area contributed by atoms with E-state index in [0.29, 0.717) is 17.9 Å². The number of carbonyl (C=O) groups is 2. The minimum absolute atomic E-state index is 0.0424. The number of fused-ring (bicyclic) bond motifs is 1. The van der Waals surface area contributed by atoms with Gasteiger partial charge < -0.3 is 19.5 Å². The van der Waals surface area contributed by atoms with Crippen molar-refractivity contribution in [2.75, 3.05) is 24.9 Å². The highest BCUT2D eigenvalue weighted by Crippen LogP contribution is 2.32. The van der Waals surface area contributed by atoms with Gasteiger partial charge in [0.2, 0.25) is 6.79 Å². The predicted octanol–water partition coefficient (Wildman–Crippen LogP) is 0.265. The molecule has 2 heterocycles. The van der Waals surface area contributed by atoms with Crippen molar-refractivity contribution in [1.29, 1.82) is 0 Å². The molecule has 130 valence electrons. The molecule has 1 aromatic rings. The fourth-order valence-corrected chi connectivity index (χ4v) is 4.81. The first-order valence-electron chi connectivity index (χ1n) is 7.35. The lowest BCUT2D eigenvalue weighted by atomic mass is 10.0. The first-order chi connectivity index (χ1) is 11.3. The second-order valence-corrected chi connectivity index (χ2v) is 8.28. The molecule has 9 heteroatoms. The van der Waals surface area contributed by atoms with Crippen LogP contribution in [-0.4, -0.2) is 50.7 Å². The molecule has 24 heavy (non-hydrogen) atoms. The minimum atomic E-state index is -3.13. The van der Waals surface area contributed by atoms with Gasteiger partial charge in [-0.3, -0.25) is 4.79 Å². The Balaban J connectivity index is 1.54. The number of esters is 1. The Bertz CT molecular complexity index is 789. The summed E-state index contributed by atoms with van der Waals surface area (Å²) in [7, 11) is -3.13. The van der Waals surface area contributed by atoms with Crippen molar-refractivity contribution < 1.29 is 32.2 Å². The molecule has 2 aliphatic rings. The lowest BCUT2D eigenvalue weighted by molar-refractivity contribution is -0.125. The van der Waals surface area contributed by atoms with E-state index in [4.69, 9.17) is 14.2 Å². The summed E-state index contributed by atoms with van der Waals surface area (Å²) in [6.45, 7) is 1.27. The fraction of sp³-hybridized carbons (Fsp3) is 0.467. The number of hydrogen-bond acceptors (Lipinski definition) is 7. The summed E-state index contributed by atoms with van der Waals surface area (Å²) in [6.07, 6.45) is 0.344. The van der Waals surface area contributed by atoms with Gasteiger partial charge in [-0.2, -0.15) is 0 Å². The van der Waals surface area contributed by atoms with Crippen LogP contribution in [-0.2, 0) is 19.4 Å². The minimum Gasteiger partial charge on any atom is -0.454 e. The van der Waals surface area contributed by atoms with E-state index < -0.39 is 33.9 Å². The molecule has 1 amide bonds. The highest BCUT2D eigenvalue weighted by Gasteiger charge is 2.39. The van der Waals surface area contributed by atoms with Crippen LogP contribution >= 0.6 is 0 Å². The zero-order chi connectivity index (χ0) is 17.4. The van der Waals surface area contributed by atoms with Crippen LogP contribution < -0.4 is 14.8 Å². The lowest BCUT2D eigenvalue weighted by Gasteiger charge is -2.23. The molecule has 8 nitrogen and oxygen atoms in total. The second kappa shape index (κ2) is 5.97. The summed E-state index contributed by atoms with van der Waals surface area (Å²) < 4.78 is 38.3. The van der Waals surface area contributed by atoms with Crippen LogP contribution in [0.3, 0.4) is 0 Å². The molecule has 1 saturated heterocycles. The fourth-order valence-electron chi connectivity index (χ4n) is 2.72. The number of carbonyl (C=O) groups excluding carboxylic acids is 2. The van der Waals surface area contributed by atoms with Gasteiger partial charge >= 0.3 is 5.97 Å². The first-order valence-corrected chi connectivity index (χ1v) is 9.17. The maximum absolute atomic E-state index is 12.0. The molecule has 1 N–H and O–H groups in total. The van der Waals surface area contributed by atoms with Gasteiger partial charge in [-0.25, -0.2) is 13.2 Å². The maximum Gasteiger partial charge on any atom is 0.338 e. The van der Waals surface area contributed by atoms with Gasteiger partial charge in [-0.1, -0.05) is 0 Å². The summed E-state index contributed by atoms with van der Waals surface area (Å²) in [5.41, 5.74) is -0.581. The van der Waals surface area contributed by atoms with E-state index in [0.717, 1.165) is 0 Å². The van der Waals surface area contributed by atoms with Crippen molar-refractivity contribution in [1.82, 2.24) is 5.32 Å². The second-order valence-electron chi connectivity index (χ2n) is 6.10. The Morgan fingerprint density at radius 3 is 2.75 bits per heavy atom. The third kappa shape index (κ3) is 3.61. The number of ether oxygens (including phenoxy) is 3. The number of nitrogens with one attached hydrogen (secondary N) is 1. The van der Waals surface area contributed by atoms with Crippen LogP contribution in [0.5, 0.6) is 11.5 Å². The van der Waals surface area contributed by atoms with E-state index in [1.54, 1.807) is 13.0 Å². The smallest absolute Gasteiger partial charge is 0.338 e. The van der Waals surface area contributed by atoms with Crippen molar-refractivity contribution in [3.63, 3.8) is 0 Å². The zero-order valence-electron chi connectivity index (χ0n) is 13.0. The van der Waals surface area contributed by atoms with Gasteiger partial charge in [0.05, 0.1) is 22.6 Å². The average molecular weight is 355 g/mol. The summed E-state index contributed by atoms with van der Waals surface area (Å²) in [5.74, 6) is -0.295. The van der Waals surface area contributed by atoms with Crippen molar-refractivity contribution in [2.24, 2.45) is 0 Å². The Kier molecular flexibility index (Phi) is 4.12. The molecule has 2 aliphatic heterocycles. The standard InChI is InChI=1S/C15H17NO7S/c1-15(4-5-24(19,20)8-15)16-13(17)7-21-14(18)10-2-3-11-12(6-10)23-9-22-11/h2-3,6H,4-5,7-9H2,1H3,(H,16,17)/t15-/m0/s1. The molecule has 3 rings (SSSR count). The van der Waals surface area contributed by atoms with Crippen LogP contribution in [0.2, 0.25) is 0 Å². The number of hydrogen-bond donors (Lipinski definition) is 1. The molecular formula is C15H17NO7S. The monoisotopic (exact) mass is 355 g/mol. The van der Waals surface area contributed by atoms with E-state index in [1.807, 2.05) is 0 Å². The average Bonchev–Trinajstić information content (AvgIpc) is 3.07. The summed E-state index contributed by atoms with van der Waals surface area (Å²) in [6, 6.07) is 4.58. The first kappa shape index (κ1) is 16.6. The predicted molar refractivity (Wildman–Crippen MR) is 82.7 cm³/mol. The van der Waals surface area contributed by atoms with E-state index >= 15 is 0 Å². The van der Waals surface area contributed by atoms with Crippen LogP contribution in [0.15, 0.2) is 18.2 Å². The largest absolute Gasteiger partial charge is 0.454 e. The Labute approximate surface area is 139 Å². The molecule has 0 aromatic heterocycles. The highest BCUT2D eigenvalue weighted by atomic mass is 32.2. The highest BCUT2D eigenvalue weighted by molar-refractivity contribution is 7.91. The maximum atomic E-state index is 12.0. The van der Waals surface area contributed by atoms with Gasteiger partial charge in [0.25, 0.3) is 5.91 Å². The molecular weight excluding hydrogens is 338 g/mol. The van der Waals surface area contributed by atoms with Gasteiger partial charge in [0, 0.05) is 0 Å². The Morgan fingerprint density at radius 2 is 2.04 bits per heavy atom. The van der Waals surface area contributed by atoms with Crippen molar-refractivity contribution in [3.05, 3.63) is 23.8 Å². The van der Waals surface area contributed by atoms with Crippen molar-refractivity contribution >= 4 is 21.7 Å². The van der Waals surface area contributed by atoms with E-state index in [2.05, 4.69) is 5.32 Å². The third-order valence-electron chi connectivity index (χ3n) is 3.89.